The van der Waals surface area contributed by atoms with Crippen molar-refractivity contribution in [3.8, 4) is 33.8 Å². The lowest BCUT2D eigenvalue weighted by molar-refractivity contribution is 0.0980. The Labute approximate surface area is 324 Å². The quantitative estimate of drug-likeness (QED) is 0.124. The lowest BCUT2D eigenvalue weighted by Crippen LogP contribution is -2.30. The third kappa shape index (κ3) is 10.2. The summed E-state index contributed by atoms with van der Waals surface area (Å²) in [7, 11) is -8.02. The highest BCUT2D eigenvalue weighted by Gasteiger charge is 2.24. The van der Waals surface area contributed by atoms with Gasteiger partial charge in [-0.15, -0.1) is 0 Å². The number of nitrogens with two attached hydrogens (primary N) is 1. The number of ether oxygens (including phenoxy) is 2. The fraction of sp³-hybridized carbons (Fsp3) is 0.0952. The predicted octanol–water partition coefficient (Wildman–Crippen LogP) is 7.83. The van der Waals surface area contributed by atoms with E-state index >= 15 is 0 Å². The summed E-state index contributed by atoms with van der Waals surface area (Å²) in [6.45, 7) is 3.64. The number of hydrogen-bond donors (Lipinski definition) is 2. The van der Waals surface area contributed by atoms with Crippen LogP contribution in [-0.2, 0) is 33.3 Å². The van der Waals surface area contributed by atoms with Crippen LogP contribution < -0.4 is 19.3 Å². The van der Waals surface area contributed by atoms with Crippen molar-refractivity contribution in [3.63, 3.8) is 0 Å². The van der Waals surface area contributed by atoms with E-state index in [9.17, 15) is 21.6 Å². The molecule has 1 amide bonds. The van der Waals surface area contributed by atoms with E-state index in [4.69, 9.17) is 23.4 Å². The van der Waals surface area contributed by atoms with E-state index in [2.05, 4.69) is 4.98 Å². The number of hydrogen-bond acceptors (Lipinski definition) is 10. The SMILES string of the molecule is Cc1oc(S(=O)(=O)NC(=O)c2ccncc2)cc1COc1ccc(-c2ccccc2)cc1.Cc1oc(S(N)(=O)=O)cc1COc1ccc(-c2ccccc2)cc1. The molecule has 0 spiro atoms. The molecule has 0 saturated heterocycles. The van der Waals surface area contributed by atoms with Crippen molar-refractivity contribution in [1.29, 1.82) is 0 Å². The van der Waals surface area contributed by atoms with Crippen molar-refractivity contribution in [3.05, 3.63) is 174 Å². The van der Waals surface area contributed by atoms with Crippen LogP contribution in [0.15, 0.2) is 165 Å². The van der Waals surface area contributed by atoms with E-state index in [1.54, 1.807) is 13.8 Å². The minimum absolute atomic E-state index is 0.119. The van der Waals surface area contributed by atoms with Crippen molar-refractivity contribution in [2.45, 2.75) is 37.2 Å². The lowest BCUT2D eigenvalue weighted by Gasteiger charge is -2.07. The predicted molar refractivity (Wildman–Crippen MR) is 210 cm³/mol. The fourth-order valence-corrected chi connectivity index (χ4v) is 6.89. The topological polar surface area (TPSA) is 181 Å². The molecule has 0 radical (unpaired) electrons. The van der Waals surface area contributed by atoms with Crippen LogP contribution in [0.4, 0.5) is 0 Å². The molecule has 7 rings (SSSR count). The minimum atomic E-state index is -4.17. The zero-order valence-corrected chi connectivity index (χ0v) is 31.9. The second-order valence-electron chi connectivity index (χ2n) is 12.4. The number of aryl methyl sites for hydroxylation is 2. The van der Waals surface area contributed by atoms with E-state index in [1.165, 1.54) is 36.7 Å². The van der Waals surface area contributed by atoms with Gasteiger partial charge >= 0.3 is 0 Å². The van der Waals surface area contributed by atoms with Gasteiger partial charge in [-0.3, -0.25) is 9.78 Å². The van der Waals surface area contributed by atoms with Crippen molar-refractivity contribution in [1.82, 2.24) is 9.71 Å². The number of aromatic nitrogens is 1. The Bertz CT molecular complexity index is 2610. The Kier molecular flexibility index (Phi) is 12.1. The molecule has 0 bridgehead atoms. The zero-order valence-electron chi connectivity index (χ0n) is 30.3. The molecular formula is C42H37N3O9S2. The first-order valence-electron chi connectivity index (χ1n) is 17.1. The van der Waals surface area contributed by atoms with E-state index in [0.717, 1.165) is 22.3 Å². The van der Waals surface area contributed by atoms with Crippen LogP contribution in [0.25, 0.3) is 22.3 Å². The molecule has 12 nitrogen and oxygen atoms in total. The molecule has 0 unspecified atom stereocenters. The number of sulfonamides is 2. The van der Waals surface area contributed by atoms with Gasteiger partial charge in [0.05, 0.1) is 0 Å². The molecule has 0 aliphatic carbocycles. The molecule has 3 N–H and O–H groups in total. The third-order valence-electron chi connectivity index (χ3n) is 8.42. The number of rotatable bonds is 12. The first-order valence-corrected chi connectivity index (χ1v) is 20.1. The molecular weight excluding hydrogens is 755 g/mol. The van der Waals surface area contributed by atoms with E-state index < -0.39 is 26.0 Å². The van der Waals surface area contributed by atoms with Crippen molar-refractivity contribution in [2.75, 3.05) is 0 Å². The van der Waals surface area contributed by atoms with Crippen LogP contribution in [0.5, 0.6) is 11.5 Å². The minimum Gasteiger partial charge on any atom is -0.489 e. The van der Waals surface area contributed by atoms with Gasteiger partial charge < -0.3 is 18.3 Å². The van der Waals surface area contributed by atoms with Crippen LogP contribution in [0.1, 0.15) is 33.0 Å². The number of pyridine rings is 1. The van der Waals surface area contributed by atoms with Gasteiger partial charge in [0.2, 0.25) is 10.2 Å². The monoisotopic (exact) mass is 791 g/mol. The number of nitrogens with zero attached hydrogens (tertiary/aromatic N) is 1. The molecule has 0 aliphatic rings. The van der Waals surface area contributed by atoms with Gasteiger partial charge in [0.15, 0.2) is 0 Å². The van der Waals surface area contributed by atoms with Crippen LogP contribution in [0, 0.1) is 13.8 Å². The van der Waals surface area contributed by atoms with E-state index in [0.29, 0.717) is 34.1 Å². The summed E-state index contributed by atoms with van der Waals surface area (Å²) in [5.41, 5.74) is 5.78. The number of nitrogens with one attached hydrogen (secondary N) is 1. The Morgan fingerprint density at radius 1 is 0.607 bits per heavy atom. The molecule has 0 saturated carbocycles. The van der Waals surface area contributed by atoms with Crippen LogP contribution in [0.3, 0.4) is 0 Å². The lowest BCUT2D eigenvalue weighted by atomic mass is 10.1. The summed E-state index contributed by atoms with van der Waals surface area (Å²) < 4.78 is 71.7. The number of primary sulfonamides is 1. The molecule has 0 atom stereocenters. The van der Waals surface area contributed by atoms with Gasteiger partial charge in [-0.25, -0.2) is 18.3 Å². The number of furan rings is 2. The summed E-state index contributed by atoms with van der Waals surface area (Å²) >= 11 is 0. The molecule has 286 valence electrons. The maximum atomic E-state index is 12.5. The zero-order chi connectivity index (χ0) is 39.7. The molecule has 0 fully saturated rings. The maximum absolute atomic E-state index is 12.5. The highest BCUT2D eigenvalue weighted by atomic mass is 32.2. The summed E-state index contributed by atoms with van der Waals surface area (Å²) in [6.07, 6.45) is 2.81. The summed E-state index contributed by atoms with van der Waals surface area (Å²) in [5.74, 6) is 1.42. The highest BCUT2D eigenvalue weighted by Crippen LogP contribution is 2.26. The van der Waals surface area contributed by atoms with Gasteiger partial charge in [0, 0.05) is 41.2 Å². The van der Waals surface area contributed by atoms with Gasteiger partial charge in [-0.1, -0.05) is 84.9 Å². The Morgan fingerprint density at radius 2 is 1.02 bits per heavy atom. The second kappa shape index (κ2) is 17.3. The largest absolute Gasteiger partial charge is 0.489 e. The van der Waals surface area contributed by atoms with Crippen LogP contribution in [-0.4, -0.2) is 27.7 Å². The van der Waals surface area contributed by atoms with Crippen molar-refractivity contribution in [2.24, 2.45) is 5.14 Å². The molecule has 4 aromatic carbocycles. The van der Waals surface area contributed by atoms with Gasteiger partial charge in [0.1, 0.15) is 36.2 Å². The van der Waals surface area contributed by atoms with E-state index in [1.807, 2.05) is 114 Å². The van der Waals surface area contributed by atoms with Crippen molar-refractivity contribution >= 4 is 26.0 Å². The van der Waals surface area contributed by atoms with Crippen LogP contribution in [0.2, 0.25) is 0 Å². The fourth-order valence-electron chi connectivity index (χ4n) is 5.34. The smallest absolute Gasteiger partial charge is 0.297 e. The van der Waals surface area contributed by atoms with Crippen LogP contribution >= 0.6 is 0 Å². The third-order valence-corrected chi connectivity index (χ3v) is 10.4. The number of carbonyl (C=O) groups excluding carboxylic acids is 1. The van der Waals surface area contributed by atoms with Gasteiger partial charge in [-0.05, 0) is 72.5 Å². The Balaban J connectivity index is 0.000000198. The van der Waals surface area contributed by atoms with E-state index in [-0.39, 0.29) is 29.0 Å². The first kappa shape index (κ1) is 39.2. The highest BCUT2D eigenvalue weighted by molar-refractivity contribution is 7.90. The normalized spacial score (nSPS) is 11.3. The molecule has 0 aliphatic heterocycles. The Hall–Kier alpha value is -6.48. The first-order chi connectivity index (χ1) is 26.9. The van der Waals surface area contributed by atoms with Gasteiger partial charge in [-0.2, -0.15) is 8.42 Å². The summed E-state index contributed by atoms with van der Waals surface area (Å²) in [4.78, 5) is 16.0. The van der Waals surface area contributed by atoms with Gasteiger partial charge in [0.25, 0.3) is 26.0 Å². The number of amides is 1. The Morgan fingerprint density at radius 3 is 1.45 bits per heavy atom. The van der Waals surface area contributed by atoms with Crippen molar-refractivity contribution < 1.29 is 39.9 Å². The maximum Gasteiger partial charge on any atom is 0.297 e. The standard InChI is InChI=1S/C24H20N2O5S.C18H17NO4S/c1-17-21(16-30-22-9-7-19(8-10-22)18-5-3-2-4-6-18)15-23(31-17)32(28,29)26-24(27)20-11-13-25-14-12-20;1-13-16(11-18(23-13)24(19,20)21)12-22-17-9-7-15(8-10-17)14-5-3-2-4-6-14/h2-15H,16H2,1H3,(H,26,27);2-11H,12H2,1H3,(H2,19,20,21). The molecule has 7 aromatic rings. The number of benzene rings is 4. The summed E-state index contributed by atoms with van der Waals surface area (Å²) in [6, 6.07) is 40.9. The second-order valence-corrected chi connectivity index (χ2v) is 15.5. The average molecular weight is 792 g/mol. The number of carbonyl (C=O) groups is 1. The molecule has 3 aromatic heterocycles. The molecule has 14 heteroatoms. The molecule has 56 heavy (non-hydrogen) atoms. The summed E-state index contributed by atoms with van der Waals surface area (Å²) in [5, 5.41) is 4.45. The average Bonchev–Trinajstić information content (AvgIpc) is 3.80. The molecule has 3 heterocycles.